The molecule has 0 saturated carbocycles. The quantitative estimate of drug-likeness (QED) is 0.170. The van der Waals surface area contributed by atoms with E-state index >= 15 is 0 Å². The van der Waals surface area contributed by atoms with Gasteiger partial charge in [-0.15, -0.1) is 11.3 Å². The van der Waals surface area contributed by atoms with E-state index in [0.29, 0.717) is 0 Å². The Bertz CT molecular complexity index is 3150. The Kier molecular flexibility index (Phi) is 6.16. The fourth-order valence-electron chi connectivity index (χ4n) is 8.28. The number of hydrogen-bond donors (Lipinski definition) is 0. The zero-order chi connectivity index (χ0) is 33.5. The van der Waals surface area contributed by atoms with Crippen LogP contribution in [0.3, 0.4) is 0 Å². The third-order valence-corrected chi connectivity index (χ3v) is 11.7. The van der Waals surface area contributed by atoms with E-state index in [0.717, 1.165) is 22.7 Å². The van der Waals surface area contributed by atoms with Crippen LogP contribution in [-0.2, 0) is 0 Å². The van der Waals surface area contributed by atoms with Crippen molar-refractivity contribution in [1.82, 2.24) is 4.57 Å². The lowest BCUT2D eigenvalue weighted by atomic mass is 9.96. The average Bonchev–Trinajstić information content (AvgIpc) is 3.74. The van der Waals surface area contributed by atoms with E-state index in [1.54, 1.807) is 0 Å². The first-order valence-electron chi connectivity index (χ1n) is 17.4. The van der Waals surface area contributed by atoms with Gasteiger partial charge in [-0.1, -0.05) is 115 Å². The summed E-state index contributed by atoms with van der Waals surface area (Å²) in [6.45, 7) is 0. The largest absolute Gasteiger partial charge is 0.310 e. The van der Waals surface area contributed by atoms with Gasteiger partial charge >= 0.3 is 0 Å². The molecule has 0 unspecified atom stereocenters. The second kappa shape index (κ2) is 11.0. The summed E-state index contributed by atoms with van der Waals surface area (Å²) >= 11 is 1.86. The monoisotopic (exact) mass is 666 g/mol. The van der Waals surface area contributed by atoms with Gasteiger partial charge in [0.1, 0.15) is 0 Å². The number of benzene rings is 9. The SMILES string of the molecule is c1ccc(-n2c3ccccc3c3c(N(c4ccc5c(ccc6ccc7ccccc7c65)c4)c4ccc5sc6ccccc6c5c4)cccc32)cc1. The Morgan fingerprint density at radius 1 is 0.373 bits per heavy atom. The fraction of sp³-hybridized carbons (Fsp3) is 0. The molecule has 0 amide bonds. The molecule has 51 heavy (non-hydrogen) atoms. The van der Waals surface area contributed by atoms with Gasteiger partial charge in [0.2, 0.25) is 0 Å². The summed E-state index contributed by atoms with van der Waals surface area (Å²) < 4.78 is 5.02. The smallest absolute Gasteiger partial charge is 0.0562 e. The molecule has 0 saturated heterocycles. The lowest BCUT2D eigenvalue weighted by Crippen LogP contribution is -2.10. The summed E-state index contributed by atoms with van der Waals surface area (Å²) in [4.78, 5) is 2.47. The van der Waals surface area contributed by atoms with Crippen molar-refractivity contribution in [2.24, 2.45) is 0 Å². The number of anilines is 3. The highest BCUT2D eigenvalue weighted by molar-refractivity contribution is 7.25. The lowest BCUT2D eigenvalue weighted by molar-refractivity contribution is 1.18. The first kappa shape index (κ1) is 28.4. The highest BCUT2D eigenvalue weighted by atomic mass is 32.1. The lowest BCUT2D eigenvalue weighted by Gasteiger charge is -2.27. The maximum atomic E-state index is 2.47. The van der Waals surface area contributed by atoms with Crippen LogP contribution in [0, 0.1) is 0 Å². The van der Waals surface area contributed by atoms with Crippen molar-refractivity contribution in [2.75, 3.05) is 4.90 Å². The van der Waals surface area contributed by atoms with Gasteiger partial charge in [-0.3, -0.25) is 0 Å². The number of hydrogen-bond acceptors (Lipinski definition) is 2. The van der Waals surface area contributed by atoms with E-state index in [4.69, 9.17) is 0 Å². The summed E-state index contributed by atoms with van der Waals surface area (Å²) in [6, 6.07) is 66.8. The normalized spacial score (nSPS) is 11.9. The minimum absolute atomic E-state index is 1.13. The van der Waals surface area contributed by atoms with Gasteiger partial charge in [0.15, 0.2) is 0 Å². The summed E-state index contributed by atoms with van der Waals surface area (Å²) in [5, 5.41) is 12.7. The molecule has 9 aromatic carbocycles. The molecule has 0 radical (unpaired) electrons. The second-order valence-electron chi connectivity index (χ2n) is 13.3. The van der Waals surface area contributed by atoms with Crippen molar-refractivity contribution in [3.05, 3.63) is 182 Å². The van der Waals surface area contributed by atoms with Crippen LogP contribution < -0.4 is 4.90 Å². The summed E-state index contributed by atoms with van der Waals surface area (Å²) in [7, 11) is 0. The molecule has 3 heteroatoms. The van der Waals surface area contributed by atoms with E-state index in [-0.39, 0.29) is 0 Å². The van der Waals surface area contributed by atoms with E-state index < -0.39 is 0 Å². The zero-order valence-electron chi connectivity index (χ0n) is 27.6. The van der Waals surface area contributed by atoms with E-state index in [1.807, 2.05) is 11.3 Å². The van der Waals surface area contributed by atoms with Gasteiger partial charge < -0.3 is 9.47 Å². The third-order valence-electron chi connectivity index (χ3n) is 10.5. The van der Waals surface area contributed by atoms with Crippen LogP contribution in [0.1, 0.15) is 0 Å². The van der Waals surface area contributed by atoms with Crippen LogP contribution in [-0.4, -0.2) is 4.57 Å². The number of nitrogens with zero attached hydrogens (tertiary/aromatic N) is 2. The van der Waals surface area contributed by atoms with Crippen LogP contribution in [0.4, 0.5) is 17.1 Å². The molecule has 0 fully saturated rings. The highest BCUT2D eigenvalue weighted by Gasteiger charge is 2.22. The van der Waals surface area contributed by atoms with Crippen LogP contribution in [0.5, 0.6) is 0 Å². The summed E-state index contributed by atoms with van der Waals surface area (Å²) in [6.07, 6.45) is 0. The molecule has 0 spiro atoms. The first-order valence-corrected chi connectivity index (χ1v) is 18.3. The Balaban J connectivity index is 1.22. The molecule has 2 nitrogen and oxygen atoms in total. The Hall–Kier alpha value is -6.42. The zero-order valence-corrected chi connectivity index (χ0v) is 28.4. The molecular weight excluding hydrogens is 637 g/mol. The summed E-state index contributed by atoms with van der Waals surface area (Å²) in [5.74, 6) is 0. The maximum absolute atomic E-state index is 2.47. The highest BCUT2D eigenvalue weighted by Crippen LogP contribution is 2.46. The van der Waals surface area contributed by atoms with Crippen LogP contribution >= 0.6 is 11.3 Å². The van der Waals surface area contributed by atoms with Crippen LogP contribution in [0.25, 0.3) is 80.0 Å². The number of aromatic nitrogens is 1. The molecule has 238 valence electrons. The molecule has 11 rings (SSSR count). The number of para-hydroxylation sites is 2. The van der Waals surface area contributed by atoms with E-state index in [1.165, 1.54) is 74.3 Å². The van der Waals surface area contributed by atoms with Crippen LogP contribution in [0.15, 0.2) is 182 Å². The molecule has 0 aliphatic rings. The van der Waals surface area contributed by atoms with Gasteiger partial charge in [-0.05, 0) is 99.0 Å². The van der Waals surface area contributed by atoms with Gasteiger partial charge in [0.25, 0.3) is 0 Å². The van der Waals surface area contributed by atoms with Gasteiger partial charge in [0, 0.05) is 48.0 Å². The molecular formula is C48H30N2S. The molecule has 0 N–H and O–H groups in total. The Morgan fingerprint density at radius 2 is 1.02 bits per heavy atom. The predicted octanol–water partition coefficient (Wildman–Crippen LogP) is 14.1. The van der Waals surface area contributed by atoms with Crippen molar-refractivity contribution >= 4 is 103 Å². The second-order valence-corrected chi connectivity index (χ2v) is 14.4. The molecule has 2 heterocycles. The van der Waals surface area contributed by atoms with Crippen molar-refractivity contribution in [3.8, 4) is 5.69 Å². The minimum atomic E-state index is 1.13. The summed E-state index contributed by atoms with van der Waals surface area (Å²) in [5.41, 5.74) is 6.96. The van der Waals surface area contributed by atoms with Crippen LogP contribution in [0.2, 0.25) is 0 Å². The van der Waals surface area contributed by atoms with Crippen molar-refractivity contribution in [1.29, 1.82) is 0 Å². The third kappa shape index (κ3) is 4.29. The Labute approximate surface area is 298 Å². The van der Waals surface area contributed by atoms with E-state index in [2.05, 4.69) is 191 Å². The van der Waals surface area contributed by atoms with Gasteiger partial charge in [-0.2, -0.15) is 0 Å². The van der Waals surface area contributed by atoms with Crippen molar-refractivity contribution in [2.45, 2.75) is 0 Å². The van der Waals surface area contributed by atoms with Gasteiger partial charge in [0.05, 0.1) is 16.7 Å². The standard InChI is InChI=1S/C48H30N2S/c1-2-12-34(13-3-1)50-42-17-8-6-16-40(42)48-43(18-10-19-44(48)50)49(36-26-28-46-41(30-36)39-15-7-9-20-45(39)51-46)35-25-27-38-33(29-35)24-23-32-22-21-31-11-4-5-14-37(31)47(32)38/h1-30H. The molecule has 0 aliphatic heterocycles. The van der Waals surface area contributed by atoms with Crippen molar-refractivity contribution < 1.29 is 0 Å². The molecule has 0 aliphatic carbocycles. The topological polar surface area (TPSA) is 8.17 Å². The fourth-order valence-corrected chi connectivity index (χ4v) is 9.37. The molecule has 11 aromatic rings. The molecule has 0 atom stereocenters. The first-order chi connectivity index (χ1) is 25.3. The van der Waals surface area contributed by atoms with Gasteiger partial charge in [-0.25, -0.2) is 0 Å². The molecule has 2 aromatic heterocycles. The minimum Gasteiger partial charge on any atom is -0.310 e. The maximum Gasteiger partial charge on any atom is 0.0562 e. The number of fused-ring (bicyclic) bond motifs is 11. The number of rotatable bonds is 4. The van der Waals surface area contributed by atoms with Crippen molar-refractivity contribution in [3.63, 3.8) is 0 Å². The Morgan fingerprint density at radius 3 is 1.92 bits per heavy atom. The predicted molar refractivity (Wildman–Crippen MR) is 221 cm³/mol. The number of thiophene rings is 1. The van der Waals surface area contributed by atoms with E-state index in [9.17, 15) is 0 Å². The average molecular weight is 667 g/mol. The molecule has 0 bridgehead atoms.